The van der Waals surface area contributed by atoms with Gasteiger partial charge in [-0.15, -0.1) is 5.20 Å². The molecule has 5 heavy (non-hydrogen) atoms. The Bertz CT molecular complexity index is 65.7. The van der Waals surface area contributed by atoms with Crippen molar-refractivity contribution in [3.63, 3.8) is 0 Å². The van der Waals surface area contributed by atoms with Gasteiger partial charge in [0, 0.05) is 0 Å². The van der Waals surface area contributed by atoms with Crippen molar-refractivity contribution >= 4 is 7.83 Å². The summed E-state index contributed by atoms with van der Waals surface area (Å²) in [6.45, 7) is 0. The Morgan fingerprint density at radius 3 is 1.80 bits per heavy atom. The summed E-state index contributed by atoms with van der Waals surface area (Å²) in [5, 5.41) is 1.48. The minimum Gasteiger partial charge on any atom is -0.259 e. The number of hydrazine groups is 1. The van der Waals surface area contributed by atoms with Crippen LogP contribution in [0.3, 0.4) is 0 Å². The number of hydrogen-bond donors (Lipinski definition) is 2. The Labute approximate surface area is 29.2 Å². The van der Waals surface area contributed by atoms with Crippen molar-refractivity contribution in [1.82, 2.24) is 5.20 Å². The first-order chi connectivity index (χ1) is 2.27. The lowest BCUT2D eigenvalue weighted by Gasteiger charge is -1.63. The summed E-state index contributed by atoms with van der Waals surface area (Å²) in [7, 11) is -2.57. The van der Waals surface area contributed by atoms with E-state index in [0.29, 0.717) is 0 Å². The average Bonchev–Trinajstić information content (AvgIpc) is 1.38. The molecule has 0 saturated heterocycles. The van der Waals surface area contributed by atoms with Gasteiger partial charge in [0.05, 0.1) is 0 Å². The van der Waals surface area contributed by atoms with E-state index in [1.165, 1.54) is 5.20 Å². The molecule has 0 amide bonds. The molecule has 0 saturated carbocycles. The molecule has 0 radical (unpaired) electrons. The van der Waals surface area contributed by atoms with E-state index >= 15 is 0 Å². The highest BCUT2D eigenvalue weighted by molar-refractivity contribution is 7.28. The summed E-state index contributed by atoms with van der Waals surface area (Å²) in [5.41, 5.74) is 0. The van der Waals surface area contributed by atoms with Gasteiger partial charge < -0.3 is 0 Å². The second-order valence-corrected chi connectivity index (χ2v) is 1.16. The molecule has 4 nitrogen and oxygen atoms in total. The Kier molecular flexibility index (Phi) is 2.01. The third kappa shape index (κ3) is 3.82. The quantitative estimate of drug-likeness (QED) is 0.262. The van der Waals surface area contributed by atoms with Gasteiger partial charge in [-0.2, -0.15) is 0 Å². The van der Waals surface area contributed by atoms with E-state index in [-0.39, 0.29) is 0 Å². The molecule has 0 bridgehead atoms. The molecule has 5 heteroatoms. The summed E-state index contributed by atoms with van der Waals surface area (Å²) >= 11 is 0. The third-order valence-electron chi connectivity index (χ3n) is 0.105. The number of rotatable bonds is 1. The molecule has 0 aliphatic heterocycles. The van der Waals surface area contributed by atoms with Crippen molar-refractivity contribution in [2.24, 2.45) is 5.84 Å². The van der Waals surface area contributed by atoms with Crippen molar-refractivity contribution in [1.29, 1.82) is 0 Å². The van der Waals surface area contributed by atoms with Crippen LogP contribution in [0.4, 0.5) is 0 Å². The zero-order chi connectivity index (χ0) is 4.28. The highest BCUT2D eigenvalue weighted by Gasteiger charge is 1.69. The Morgan fingerprint density at radius 1 is 1.60 bits per heavy atom. The highest BCUT2D eigenvalue weighted by Crippen LogP contribution is 1.83. The first-order valence-electron chi connectivity index (χ1n) is 0.877. The minimum absolute atomic E-state index is 1.48. The number of nitrogens with two attached hydrogens (primary N) is 1. The Morgan fingerprint density at radius 2 is 1.80 bits per heavy atom. The van der Waals surface area contributed by atoms with Gasteiger partial charge in [-0.25, -0.2) is 9.13 Å². The van der Waals surface area contributed by atoms with Crippen molar-refractivity contribution in [3.8, 4) is 0 Å². The molecular formula is H3N2O2P. The van der Waals surface area contributed by atoms with Crippen LogP contribution in [-0.4, -0.2) is 0 Å². The van der Waals surface area contributed by atoms with Crippen molar-refractivity contribution in [2.45, 2.75) is 0 Å². The average molecular weight is 94.0 g/mol. The minimum atomic E-state index is -2.57. The largest absolute Gasteiger partial charge is 0.409 e. The second kappa shape index (κ2) is 2.08. The first-order valence-corrected chi connectivity index (χ1v) is 2.05. The molecule has 0 aromatic heterocycles. The highest BCUT2D eigenvalue weighted by atomic mass is 31.1. The van der Waals surface area contributed by atoms with Gasteiger partial charge in [0.15, 0.2) is 0 Å². The zero-order valence-corrected chi connectivity index (χ0v) is 3.24. The monoisotopic (exact) mass is 94.0 g/mol. The molecule has 0 aromatic rings. The normalized spacial score (nSPS) is 7.40. The molecule has 0 rings (SSSR count). The van der Waals surface area contributed by atoms with Crippen LogP contribution in [0.5, 0.6) is 0 Å². The lowest BCUT2D eigenvalue weighted by molar-refractivity contribution is 0.506. The van der Waals surface area contributed by atoms with Gasteiger partial charge in [0.2, 0.25) is 0 Å². The van der Waals surface area contributed by atoms with Crippen LogP contribution in [0.2, 0.25) is 0 Å². The SMILES string of the molecule is NNP(=O)=O. The molecule has 0 aliphatic carbocycles. The van der Waals surface area contributed by atoms with E-state index in [2.05, 4.69) is 5.84 Å². The molecule has 30 valence electrons. The summed E-state index contributed by atoms with van der Waals surface area (Å²) in [5.74, 6) is 4.33. The molecule has 3 N–H and O–H groups in total. The molecular weight excluding hydrogens is 91.0 g/mol. The van der Waals surface area contributed by atoms with Crippen molar-refractivity contribution in [3.05, 3.63) is 0 Å². The van der Waals surface area contributed by atoms with E-state index < -0.39 is 7.83 Å². The van der Waals surface area contributed by atoms with E-state index in [1.54, 1.807) is 0 Å². The molecule has 0 heterocycles. The van der Waals surface area contributed by atoms with Crippen LogP contribution in [0.15, 0.2) is 0 Å². The van der Waals surface area contributed by atoms with Crippen LogP contribution < -0.4 is 11.0 Å². The van der Waals surface area contributed by atoms with Gasteiger partial charge in [0.1, 0.15) is 0 Å². The van der Waals surface area contributed by atoms with Gasteiger partial charge in [-0.1, -0.05) is 0 Å². The molecule has 0 fully saturated rings. The van der Waals surface area contributed by atoms with Gasteiger partial charge in [-0.05, 0) is 0 Å². The number of hydrogen-bond acceptors (Lipinski definition) is 3. The predicted octanol–water partition coefficient (Wildman–Crippen LogP) is -0.462. The maximum Gasteiger partial charge on any atom is 0.409 e. The van der Waals surface area contributed by atoms with Crippen molar-refractivity contribution < 1.29 is 9.13 Å². The van der Waals surface area contributed by atoms with E-state index in [9.17, 15) is 0 Å². The lowest BCUT2D eigenvalue weighted by Crippen LogP contribution is -2.07. The fourth-order valence-electron chi connectivity index (χ4n) is 0. The van der Waals surface area contributed by atoms with Gasteiger partial charge in [0.25, 0.3) is 0 Å². The van der Waals surface area contributed by atoms with Crippen LogP contribution in [-0.2, 0) is 9.13 Å². The second-order valence-electron chi connectivity index (χ2n) is 0.386. The summed E-state index contributed by atoms with van der Waals surface area (Å²) < 4.78 is 18.3. The maximum absolute atomic E-state index is 9.17. The van der Waals surface area contributed by atoms with E-state index in [1.807, 2.05) is 0 Å². The molecule has 0 unspecified atom stereocenters. The number of nitrogens with one attached hydrogen (secondary N) is 1. The van der Waals surface area contributed by atoms with Gasteiger partial charge in [-0.3, -0.25) is 5.84 Å². The maximum atomic E-state index is 9.17. The molecule has 0 spiro atoms. The van der Waals surface area contributed by atoms with E-state index in [4.69, 9.17) is 9.13 Å². The van der Waals surface area contributed by atoms with Crippen LogP contribution in [0, 0.1) is 0 Å². The molecule has 0 aliphatic rings. The van der Waals surface area contributed by atoms with Crippen LogP contribution in [0.25, 0.3) is 0 Å². The zero-order valence-electron chi connectivity index (χ0n) is 2.34. The Balaban J connectivity index is 3.23. The third-order valence-corrected chi connectivity index (χ3v) is 0.316. The first kappa shape index (κ1) is 4.82. The van der Waals surface area contributed by atoms with Crippen molar-refractivity contribution in [2.75, 3.05) is 0 Å². The van der Waals surface area contributed by atoms with Gasteiger partial charge >= 0.3 is 7.83 Å². The molecule has 0 aromatic carbocycles. The van der Waals surface area contributed by atoms with E-state index in [0.717, 1.165) is 0 Å². The van der Waals surface area contributed by atoms with Crippen LogP contribution >= 0.6 is 7.83 Å². The summed E-state index contributed by atoms with van der Waals surface area (Å²) in [6, 6.07) is 0. The summed E-state index contributed by atoms with van der Waals surface area (Å²) in [6.07, 6.45) is 0. The van der Waals surface area contributed by atoms with Crippen LogP contribution in [0.1, 0.15) is 0 Å². The smallest absolute Gasteiger partial charge is 0.259 e. The predicted molar refractivity (Wildman–Crippen MR) is 15.6 cm³/mol. The topological polar surface area (TPSA) is 72.2 Å². The molecule has 0 atom stereocenters. The Hall–Kier alpha value is -0.180. The fourth-order valence-corrected chi connectivity index (χ4v) is 0. The summed E-state index contributed by atoms with van der Waals surface area (Å²) in [4.78, 5) is 0. The fraction of sp³-hybridized carbons (Fsp3) is 0. The standard InChI is InChI=1S/H3N2O2P/c1-2-5(3)4/h1H2,(H,2,3,4). The lowest BCUT2D eigenvalue weighted by atomic mass is 13.0.